The van der Waals surface area contributed by atoms with Gasteiger partial charge in [0.1, 0.15) is 11.3 Å². The average molecular weight is 577 g/mol. The smallest absolute Gasteiger partial charge is 0.230 e. The number of anilines is 2. The van der Waals surface area contributed by atoms with Crippen molar-refractivity contribution < 1.29 is 4.74 Å². The van der Waals surface area contributed by atoms with Crippen molar-refractivity contribution in [2.45, 2.75) is 6.54 Å². The number of morpholine rings is 1. The van der Waals surface area contributed by atoms with E-state index >= 15 is 0 Å². The quantitative estimate of drug-likeness (QED) is 0.307. The number of fused-ring (bicyclic) bond motifs is 2. The Bertz CT molecular complexity index is 1450. The molecule has 0 saturated carbocycles. The summed E-state index contributed by atoms with van der Waals surface area (Å²) in [5.41, 5.74) is 4.15. The van der Waals surface area contributed by atoms with Crippen LogP contribution in [-0.2, 0) is 11.3 Å². The molecule has 11 nitrogen and oxygen atoms in total. The Hall–Kier alpha value is -2.97. The van der Waals surface area contributed by atoms with Gasteiger partial charge in [0.15, 0.2) is 5.65 Å². The van der Waals surface area contributed by atoms with Gasteiger partial charge in [0.05, 0.1) is 71.1 Å². The topological polar surface area (TPSA) is 114 Å². The summed E-state index contributed by atoms with van der Waals surface area (Å²) in [5.74, 6) is 1.95. The Balaban J connectivity index is 1.39. The molecule has 0 unspecified atom stereocenters. The van der Waals surface area contributed by atoms with Crippen LogP contribution in [0.3, 0.4) is 0 Å². The number of hydrogen-bond donors (Lipinski definition) is 2. The Morgan fingerprint density at radius 3 is 2.79 bits per heavy atom. The number of para-hydroxylation sites is 1. The van der Waals surface area contributed by atoms with Gasteiger partial charge < -0.3 is 19.9 Å². The van der Waals surface area contributed by atoms with Crippen LogP contribution in [0.15, 0.2) is 36.8 Å². The molecule has 0 atom stereocenters. The summed E-state index contributed by atoms with van der Waals surface area (Å²) in [6.07, 6.45) is 5.51. The van der Waals surface area contributed by atoms with E-state index in [2.05, 4.69) is 53.2 Å². The van der Waals surface area contributed by atoms with Gasteiger partial charge in [-0.3, -0.25) is 0 Å². The Labute approximate surface area is 206 Å². The molecular weight excluding hydrogens is 559 g/mol. The van der Waals surface area contributed by atoms with Gasteiger partial charge in [0.2, 0.25) is 11.9 Å². The fraction of sp³-hybridized carbons (Fsp3) is 0.250. The third kappa shape index (κ3) is 3.87. The summed E-state index contributed by atoms with van der Waals surface area (Å²) in [6, 6.07) is 5.67. The SMILES string of the molecule is Clc1cccc2[nH]c(CNc3nc(N4CCOCC4)nc4c(-c5cnn(I)c5)cnn34)nc12. The second-order valence-electron chi connectivity index (χ2n) is 7.53. The van der Waals surface area contributed by atoms with Crippen molar-refractivity contribution in [3.8, 4) is 11.1 Å². The minimum absolute atomic E-state index is 0.417. The van der Waals surface area contributed by atoms with Gasteiger partial charge in [-0.2, -0.15) is 24.7 Å². The van der Waals surface area contributed by atoms with E-state index in [0.29, 0.717) is 42.3 Å². The highest BCUT2D eigenvalue weighted by molar-refractivity contribution is 14.1. The van der Waals surface area contributed by atoms with Gasteiger partial charge in [-0.25, -0.2) is 7.88 Å². The zero-order chi connectivity index (χ0) is 22.4. The van der Waals surface area contributed by atoms with Crippen LogP contribution in [0.5, 0.6) is 0 Å². The van der Waals surface area contributed by atoms with E-state index in [-0.39, 0.29) is 0 Å². The number of halogens is 2. The zero-order valence-electron chi connectivity index (χ0n) is 17.2. The van der Waals surface area contributed by atoms with Crippen molar-refractivity contribution in [2.75, 3.05) is 36.5 Å². The van der Waals surface area contributed by atoms with Crippen LogP contribution < -0.4 is 10.2 Å². The normalized spacial score (nSPS) is 14.4. The largest absolute Gasteiger partial charge is 0.378 e. The number of nitrogens with zero attached hydrogens (tertiary/aromatic N) is 8. The monoisotopic (exact) mass is 576 g/mol. The zero-order valence-corrected chi connectivity index (χ0v) is 20.2. The van der Waals surface area contributed by atoms with Crippen LogP contribution >= 0.6 is 34.5 Å². The number of ether oxygens (including phenoxy) is 1. The molecule has 1 aliphatic heterocycles. The summed E-state index contributed by atoms with van der Waals surface area (Å²) >= 11 is 8.39. The van der Waals surface area contributed by atoms with Gasteiger partial charge in [-0.15, -0.1) is 0 Å². The number of imidazole rings is 1. The Morgan fingerprint density at radius 1 is 1.12 bits per heavy atom. The highest BCUT2D eigenvalue weighted by atomic mass is 127. The average Bonchev–Trinajstić information content (AvgIpc) is 3.56. The number of nitrogens with one attached hydrogen (secondary N) is 2. The minimum atomic E-state index is 0.417. The number of rotatable bonds is 5. The molecule has 2 N–H and O–H groups in total. The predicted octanol–water partition coefficient (Wildman–Crippen LogP) is 3.16. The summed E-state index contributed by atoms with van der Waals surface area (Å²) in [4.78, 5) is 19.7. The van der Waals surface area contributed by atoms with Crippen molar-refractivity contribution in [3.05, 3.63) is 47.6 Å². The maximum absolute atomic E-state index is 6.27. The molecule has 5 aromatic rings. The van der Waals surface area contributed by atoms with Crippen LogP contribution in [0.1, 0.15) is 5.82 Å². The van der Waals surface area contributed by atoms with Crippen molar-refractivity contribution in [3.63, 3.8) is 0 Å². The summed E-state index contributed by atoms with van der Waals surface area (Å²) in [6.45, 7) is 3.16. The molecule has 1 saturated heterocycles. The molecule has 0 radical (unpaired) electrons. The molecule has 6 rings (SSSR count). The van der Waals surface area contributed by atoms with E-state index in [0.717, 1.165) is 41.1 Å². The van der Waals surface area contributed by atoms with E-state index in [1.165, 1.54) is 0 Å². The molecule has 33 heavy (non-hydrogen) atoms. The molecule has 4 aromatic heterocycles. The maximum atomic E-state index is 6.27. The lowest BCUT2D eigenvalue weighted by Crippen LogP contribution is -2.37. The first-order valence-electron chi connectivity index (χ1n) is 10.3. The standard InChI is InChI=1S/C20H18ClIN10O/c21-14-2-1-3-15-17(14)27-16(26-15)10-23-19-29-20(30-4-6-33-7-5-30)28-18-13(9-25-32(18)19)12-8-24-31(22)11-12/h1-3,8-9,11H,4-7,10H2,(H,26,27)(H,23,28,29). The Kier molecular flexibility index (Phi) is 5.27. The molecule has 5 heterocycles. The molecule has 0 amide bonds. The summed E-state index contributed by atoms with van der Waals surface area (Å²) in [7, 11) is 0. The lowest BCUT2D eigenvalue weighted by atomic mass is 10.2. The fourth-order valence-corrected chi connectivity index (χ4v) is 4.46. The van der Waals surface area contributed by atoms with Crippen LogP contribution in [0, 0.1) is 0 Å². The van der Waals surface area contributed by atoms with Crippen LogP contribution in [0.4, 0.5) is 11.9 Å². The van der Waals surface area contributed by atoms with Crippen LogP contribution in [0.25, 0.3) is 27.8 Å². The first-order chi connectivity index (χ1) is 16.2. The predicted molar refractivity (Wildman–Crippen MR) is 133 cm³/mol. The molecule has 0 aliphatic carbocycles. The molecule has 1 aliphatic rings. The number of H-pyrrole nitrogens is 1. The highest BCUT2D eigenvalue weighted by Gasteiger charge is 2.20. The third-order valence-electron chi connectivity index (χ3n) is 5.44. The van der Waals surface area contributed by atoms with E-state index in [1.54, 1.807) is 19.8 Å². The van der Waals surface area contributed by atoms with Crippen molar-refractivity contribution in [1.29, 1.82) is 0 Å². The van der Waals surface area contributed by atoms with Crippen molar-refractivity contribution in [2.24, 2.45) is 0 Å². The molecule has 0 bridgehead atoms. The second kappa shape index (κ2) is 8.43. The van der Waals surface area contributed by atoms with E-state index in [4.69, 9.17) is 26.3 Å². The van der Waals surface area contributed by atoms with E-state index in [9.17, 15) is 0 Å². The Morgan fingerprint density at radius 2 is 2.00 bits per heavy atom. The molecule has 13 heteroatoms. The van der Waals surface area contributed by atoms with Crippen molar-refractivity contribution in [1.82, 2.24) is 37.5 Å². The first-order valence-corrected chi connectivity index (χ1v) is 11.7. The van der Waals surface area contributed by atoms with E-state index < -0.39 is 0 Å². The second-order valence-corrected chi connectivity index (χ2v) is 8.93. The fourth-order valence-electron chi connectivity index (χ4n) is 3.82. The van der Waals surface area contributed by atoms with Crippen molar-refractivity contribution >= 4 is 63.0 Å². The van der Waals surface area contributed by atoms with Gasteiger partial charge >= 0.3 is 0 Å². The van der Waals surface area contributed by atoms with Crippen LogP contribution in [0.2, 0.25) is 5.02 Å². The maximum Gasteiger partial charge on any atom is 0.230 e. The molecule has 1 fully saturated rings. The van der Waals surface area contributed by atoms with E-state index in [1.807, 2.05) is 24.4 Å². The third-order valence-corrected chi connectivity index (χ3v) is 6.27. The molecule has 168 valence electrons. The van der Waals surface area contributed by atoms with Gasteiger partial charge in [-0.1, -0.05) is 17.7 Å². The van der Waals surface area contributed by atoms with Gasteiger partial charge in [-0.05, 0) is 12.1 Å². The summed E-state index contributed by atoms with van der Waals surface area (Å²) < 4.78 is 8.93. The number of aromatic amines is 1. The highest BCUT2D eigenvalue weighted by Crippen LogP contribution is 2.27. The first kappa shape index (κ1) is 20.6. The van der Waals surface area contributed by atoms with Gasteiger partial charge in [0.25, 0.3) is 0 Å². The molecule has 0 spiro atoms. The lowest BCUT2D eigenvalue weighted by Gasteiger charge is -2.27. The number of hydrogen-bond acceptors (Lipinski definition) is 8. The van der Waals surface area contributed by atoms with Gasteiger partial charge in [0, 0.05) is 24.8 Å². The minimum Gasteiger partial charge on any atom is -0.378 e. The molecular formula is C20H18ClIN10O. The lowest BCUT2D eigenvalue weighted by molar-refractivity contribution is 0.122. The number of aromatic nitrogens is 8. The van der Waals surface area contributed by atoms with Crippen LogP contribution in [-0.4, -0.2) is 63.8 Å². The number of benzene rings is 1. The summed E-state index contributed by atoms with van der Waals surface area (Å²) in [5, 5.41) is 12.8. The molecule has 1 aromatic carbocycles.